The van der Waals surface area contributed by atoms with Crippen molar-refractivity contribution in [2.45, 2.75) is 25.7 Å². The monoisotopic (exact) mass is 215 g/mol. The van der Waals surface area contributed by atoms with E-state index in [1.54, 1.807) is 12.1 Å². The third-order valence-corrected chi connectivity index (χ3v) is 2.66. The fourth-order valence-electron chi connectivity index (χ4n) is 1.51. The molecule has 14 heavy (non-hydrogen) atoms. The Morgan fingerprint density at radius 1 is 1.43 bits per heavy atom. The molecule has 1 aromatic rings. The first-order valence-electron chi connectivity index (χ1n) is 4.63. The molecule has 0 aliphatic heterocycles. The Bertz CT molecular complexity index is 323. The molecule has 78 valence electrons. The summed E-state index contributed by atoms with van der Waals surface area (Å²) in [4.78, 5) is 0. The highest BCUT2D eigenvalue weighted by atomic mass is 35.5. The molecule has 0 aliphatic rings. The van der Waals surface area contributed by atoms with Gasteiger partial charge in [-0.25, -0.2) is 4.39 Å². The molecular weight excluding hydrogens is 201 g/mol. The van der Waals surface area contributed by atoms with Crippen LogP contribution in [0.1, 0.15) is 25.8 Å². The summed E-state index contributed by atoms with van der Waals surface area (Å²) in [7, 11) is 0. The summed E-state index contributed by atoms with van der Waals surface area (Å²) in [5.74, 6) is -0.215. The zero-order valence-electron chi connectivity index (χ0n) is 8.48. The van der Waals surface area contributed by atoms with Gasteiger partial charge in [0.1, 0.15) is 5.82 Å². The topological polar surface area (TPSA) is 26.0 Å². The fraction of sp³-hybridized carbons (Fsp3) is 0.455. The first-order valence-corrected chi connectivity index (χ1v) is 5.01. The van der Waals surface area contributed by atoms with Gasteiger partial charge in [0.05, 0.1) is 0 Å². The number of halogens is 2. The summed E-state index contributed by atoms with van der Waals surface area (Å²) < 4.78 is 13.5. The molecule has 0 radical (unpaired) electrons. The van der Waals surface area contributed by atoms with E-state index < -0.39 is 0 Å². The Labute approximate surface area is 89.1 Å². The van der Waals surface area contributed by atoms with Crippen molar-refractivity contribution in [3.8, 4) is 0 Å². The van der Waals surface area contributed by atoms with Crippen molar-refractivity contribution in [1.29, 1.82) is 0 Å². The summed E-state index contributed by atoms with van der Waals surface area (Å²) in [5, 5.41) is 0.562. The minimum absolute atomic E-state index is 0.215. The molecule has 0 unspecified atom stereocenters. The molecule has 0 spiro atoms. The van der Waals surface area contributed by atoms with Crippen LogP contribution in [-0.2, 0) is 5.41 Å². The first-order chi connectivity index (χ1) is 6.47. The van der Waals surface area contributed by atoms with Crippen molar-refractivity contribution in [3.63, 3.8) is 0 Å². The van der Waals surface area contributed by atoms with Gasteiger partial charge in [-0.1, -0.05) is 25.4 Å². The Morgan fingerprint density at radius 3 is 2.64 bits per heavy atom. The molecule has 1 nitrogen and oxygen atoms in total. The van der Waals surface area contributed by atoms with E-state index in [9.17, 15) is 4.39 Å². The highest BCUT2D eigenvalue weighted by molar-refractivity contribution is 6.30. The van der Waals surface area contributed by atoms with Crippen molar-refractivity contribution in [1.82, 2.24) is 0 Å². The van der Waals surface area contributed by atoms with Crippen molar-refractivity contribution in [2.24, 2.45) is 5.73 Å². The number of rotatable bonds is 3. The van der Waals surface area contributed by atoms with Gasteiger partial charge in [-0.3, -0.25) is 0 Å². The van der Waals surface area contributed by atoms with Crippen LogP contribution in [0.5, 0.6) is 0 Å². The van der Waals surface area contributed by atoms with E-state index in [0.29, 0.717) is 17.1 Å². The Balaban J connectivity index is 3.10. The van der Waals surface area contributed by atoms with Gasteiger partial charge in [0.25, 0.3) is 0 Å². The maximum Gasteiger partial charge on any atom is 0.127 e. The normalized spacial score (nSPS) is 11.8. The SMILES string of the molecule is CC(C)(CCN)c1cc(Cl)ccc1F. The largest absolute Gasteiger partial charge is 0.330 e. The van der Waals surface area contributed by atoms with E-state index in [1.165, 1.54) is 6.07 Å². The zero-order chi connectivity index (χ0) is 10.8. The second kappa shape index (κ2) is 4.28. The summed E-state index contributed by atoms with van der Waals surface area (Å²) in [5.41, 5.74) is 5.86. The first kappa shape index (κ1) is 11.5. The molecule has 1 rings (SSSR count). The van der Waals surface area contributed by atoms with Crippen molar-refractivity contribution in [2.75, 3.05) is 6.54 Å². The summed E-state index contributed by atoms with van der Waals surface area (Å²) in [6, 6.07) is 4.63. The van der Waals surface area contributed by atoms with E-state index in [2.05, 4.69) is 0 Å². The van der Waals surface area contributed by atoms with Crippen molar-refractivity contribution >= 4 is 11.6 Å². The number of hydrogen-bond donors (Lipinski definition) is 1. The quantitative estimate of drug-likeness (QED) is 0.824. The Kier molecular flexibility index (Phi) is 3.51. The smallest absolute Gasteiger partial charge is 0.127 e. The third kappa shape index (κ3) is 2.46. The van der Waals surface area contributed by atoms with Crippen LogP contribution in [-0.4, -0.2) is 6.54 Å². The van der Waals surface area contributed by atoms with E-state index >= 15 is 0 Å². The lowest BCUT2D eigenvalue weighted by Gasteiger charge is -2.25. The highest BCUT2D eigenvalue weighted by Crippen LogP contribution is 2.30. The minimum Gasteiger partial charge on any atom is -0.330 e. The van der Waals surface area contributed by atoms with Crippen LogP contribution >= 0.6 is 11.6 Å². The van der Waals surface area contributed by atoms with Crippen molar-refractivity contribution in [3.05, 3.63) is 34.6 Å². The van der Waals surface area contributed by atoms with Crippen LogP contribution in [0.4, 0.5) is 4.39 Å². The molecule has 1 aromatic carbocycles. The molecule has 2 N–H and O–H groups in total. The van der Waals surface area contributed by atoms with Gasteiger partial charge in [0, 0.05) is 5.02 Å². The fourth-order valence-corrected chi connectivity index (χ4v) is 1.68. The van der Waals surface area contributed by atoms with Crippen LogP contribution in [0.3, 0.4) is 0 Å². The lowest BCUT2D eigenvalue weighted by molar-refractivity contribution is 0.456. The molecule has 0 amide bonds. The van der Waals surface area contributed by atoms with Crippen LogP contribution in [0, 0.1) is 5.82 Å². The molecule has 0 atom stereocenters. The van der Waals surface area contributed by atoms with Gasteiger partial charge >= 0.3 is 0 Å². The predicted molar refractivity (Wildman–Crippen MR) is 58.1 cm³/mol. The van der Waals surface area contributed by atoms with E-state index in [0.717, 1.165) is 6.42 Å². The molecule has 0 heterocycles. The average Bonchev–Trinajstić information content (AvgIpc) is 2.09. The number of benzene rings is 1. The molecule has 0 aromatic heterocycles. The number of hydrogen-bond acceptors (Lipinski definition) is 1. The molecule has 3 heteroatoms. The highest BCUT2D eigenvalue weighted by Gasteiger charge is 2.23. The van der Waals surface area contributed by atoms with Gasteiger partial charge in [0.15, 0.2) is 0 Å². The van der Waals surface area contributed by atoms with Gasteiger partial charge in [-0.2, -0.15) is 0 Å². The Morgan fingerprint density at radius 2 is 2.07 bits per heavy atom. The molecule has 0 aliphatic carbocycles. The molecule has 0 bridgehead atoms. The van der Waals surface area contributed by atoms with Gasteiger partial charge in [-0.15, -0.1) is 0 Å². The Hall–Kier alpha value is -0.600. The van der Waals surface area contributed by atoms with Crippen LogP contribution in [0.25, 0.3) is 0 Å². The maximum absolute atomic E-state index is 13.5. The molecule has 0 saturated carbocycles. The molecule has 0 fully saturated rings. The lowest BCUT2D eigenvalue weighted by atomic mass is 9.81. The zero-order valence-corrected chi connectivity index (χ0v) is 9.24. The predicted octanol–water partition coefficient (Wildman–Crippen LogP) is 3.11. The van der Waals surface area contributed by atoms with Crippen LogP contribution in [0.2, 0.25) is 5.02 Å². The molecular formula is C11H15ClFN. The van der Waals surface area contributed by atoms with Gasteiger partial charge in [0.2, 0.25) is 0 Å². The number of nitrogens with two attached hydrogens (primary N) is 1. The second-order valence-electron chi connectivity index (χ2n) is 4.05. The summed E-state index contributed by atoms with van der Waals surface area (Å²) in [6.07, 6.45) is 0.740. The van der Waals surface area contributed by atoms with E-state index in [1.807, 2.05) is 13.8 Å². The maximum atomic E-state index is 13.5. The van der Waals surface area contributed by atoms with Gasteiger partial charge in [-0.05, 0) is 42.1 Å². The molecule has 0 saturated heterocycles. The van der Waals surface area contributed by atoms with E-state index in [4.69, 9.17) is 17.3 Å². The van der Waals surface area contributed by atoms with Gasteiger partial charge < -0.3 is 5.73 Å². The summed E-state index contributed by atoms with van der Waals surface area (Å²) in [6.45, 7) is 4.47. The minimum atomic E-state index is -0.260. The standard InChI is InChI=1S/C11H15ClFN/c1-11(2,5-6-14)9-7-8(12)3-4-10(9)13/h3-4,7H,5-6,14H2,1-2H3. The second-order valence-corrected chi connectivity index (χ2v) is 4.48. The third-order valence-electron chi connectivity index (χ3n) is 2.43. The lowest BCUT2D eigenvalue weighted by Crippen LogP contribution is -2.23. The average molecular weight is 216 g/mol. The summed E-state index contributed by atoms with van der Waals surface area (Å²) >= 11 is 5.83. The van der Waals surface area contributed by atoms with Crippen molar-refractivity contribution < 1.29 is 4.39 Å². The van der Waals surface area contributed by atoms with E-state index in [-0.39, 0.29) is 11.2 Å². The van der Waals surface area contributed by atoms with Crippen LogP contribution in [0.15, 0.2) is 18.2 Å². The van der Waals surface area contributed by atoms with Crippen LogP contribution < -0.4 is 5.73 Å².